The van der Waals surface area contributed by atoms with E-state index in [2.05, 4.69) is 38.9 Å². The number of hydrogen-bond donors (Lipinski definition) is 1. The van der Waals surface area contributed by atoms with E-state index < -0.39 is 0 Å². The maximum atomic E-state index is 6.26. The summed E-state index contributed by atoms with van der Waals surface area (Å²) in [6.07, 6.45) is 4.90. The quantitative estimate of drug-likeness (QED) is 0.809. The van der Waals surface area contributed by atoms with Crippen LogP contribution in [0.4, 0.5) is 0 Å². The standard InChI is InChI=1S/C12H23N3/c1-5-12(13,6-2)9-11-7-8-15(14-11)10(3)4/h7-8,10H,5-6,9,13H2,1-4H3. The third-order valence-electron chi connectivity index (χ3n) is 3.13. The van der Waals surface area contributed by atoms with Crippen LogP contribution in [0.15, 0.2) is 12.3 Å². The molecule has 86 valence electrons. The van der Waals surface area contributed by atoms with Gasteiger partial charge >= 0.3 is 0 Å². The van der Waals surface area contributed by atoms with E-state index in [9.17, 15) is 0 Å². The van der Waals surface area contributed by atoms with Gasteiger partial charge in [-0.15, -0.1) is 0 Å². The van der Waals surface area contributed by atoms with Gasteiger partial charge < -0.3 is 5.73 Å². The molecule has 0 saturated carbocycles. The SMILES string of the molecule is CCC(N)(CC)Cc1ccn(C(C)C)n1. The van der Waals surface area contributed by atoms with Gasteiger partial charge in [-0.05, 0) is 32.8 Å². The Hall–Kier alpha value is -0.830. The zero-order chi connectivity index (χ0) is 11.5. The molecule has 0 aliphatic rings. The van der Waals surface area contributed by atoms with Gasteiger partial charge in [0.2, 0.25) is 0 Å². The summed E-state index contributed by atoms with van der Waals surface area (Å²) < 4.78 is 1.99. The van der Waals surface area contributed by atoms with E-state index in [0.29, 0.717) is 6.04 Å². The van der Waals surface area contributed by atoms with Gasteiger partial charge in [-0.25, -0.2) is 0 Å². The Morgan fingerprint density at radius 3 is 2.40 bits per heavy atom. The molecule has 1 aromatic heterocycles. The summed E-state index contributed by atoms with van der Waals surface area (Å²) in [6.45, 7) is 8.55. The normalized spacial score (nSPS) is 12.4. The Kier molecular flexibility index (Phi) is 3.91. The van der Waals surface area contributed by atoms with Crippen molar-refractivity contribution in [3.8, 4) is 0 Å². The Morgan fingerprint density at radius 2 is 2.00 bits per heavy atom. The second kappa shape index (κ2) is 4.79. The molecular formula is C12H23N3. The molecule has 0 fully saturated rings. The fourth-order valence-electron chi connectivity index (χ4n) is 1.62. The number of rotatable bonds is 5. The van der Waals surface area contributed by atoms with Gasteiger partial charge in [0.1, 0.15) is 0 Å². The van der Waals surface area contributed by atoms with Gasteiger partial charge in [-0.3, -0.25) is 4.68 Å². The Balaban J connectivity index is 2.72. The highest BCUT2D eigenvalue weighted by Crippen LogP contribution is 2.17. The molecule has 1 heterocycles. The molecule has 1 rings (SSSR count). The summed E-state index contributed by atoms with van der Waals surface area (Å²) in [4.78, 5) is 0. The first-order valence-corrected chi connectivity index (χ1v) is 5.83. The molecular weight excluding hydrogens is 186 g/mol. The minimum absolute atomic E-state index is 0.0871. The minimum Gasteiger partial charge on any atom is -0.325 e. The average Bonchev–Trinajstić information content (AvgIpc) is 2.66. The second-order valence-electron chi connectivity index (χ2n) is 4.63. The molecule has 0 atom stereocenters. The first kappa shape index (κ1) is 12.2. The first-order chi connectivity index (χ1) is 7.00. The van der Waals surface area contributed by atoms with Crippen LogP contribution in [0.1, 0.15) is 52.3 Å². The van der Waals surface area contributed by atoms with E-state index in [1.165, 1.54) is 0 Å². The lowest BCUT2D eigenvalue weighted by Crippen LogP contribution is -2.40. The molecule has 0 saturated heterocycles. The van der Waals surface area contributed by atoms with Gasteiger partial charge in [-0.2, -0.15) is 5.10 Å². The molecule has 0 unspecified atom stereocenters. The molecule has 3 nitrogen and oxygen atoms in total. The van der Waals surface area contributed by atoms with Crippen molar-refractivity contribution in [3.05, 3.63) is 18.0 Å². The van der Waals surface area contributed by atoms with Crippen LogP contribution in [0, 0.1) is 0 Å². The lowest BCUT2D eigenvalue weighted by atomic mass is 9.89. The van der Waals surface area contributed by atoms with E-state index in [0.717, 1.165) is 25.0 Å². The summed E-state index contributed by atoms with van der Waals surface area (Å²) in [5, 5.41) is 4.53. The number of hydrogen-bond acceptors (Lipinski definition) is 2. The van der Waals surface area contributed by atoms with Crippen molar-refractivity contribution in [1.82, 2.24) is 9.78 Å². The molecule has 15 heavy (non-hydrogen) atoms. The molecule has 0 bridgehead atoms. The predicted molar refractivity (Wildman–Crippen MR) is 63.8 cm³/mol. The van der Waals surface area contributed by atoms with Crippen LogP contribution in [0.2, 0.25) is 0 Å². The summed E-state index contributed by atoms with van der Waals surface area (Å²) in [5.41, 5.74) is 7.28. The minimum atomic E-state index is -0.0871. The van der Waals surface area contributed by atoms with E-state index in [4.69, 9.17) is 5.73 Å². The van der Waals surface area contributed by atoms with Crippen LogP contribution in [0.3, 0.4) is 0 Å². The zero-order valence-electron chi connectivity index (χ0n) is 10.3. The highest BCUT2D eigenvalue weighted by Gasteiger charge is 2.21. The molecule has 0 aliphatic heterocycles. The van der Waals surface area contributed by atoms with Gasteiger partial charge in [0.05, 0.1) is 5.69 Å². The fourth-order valence-corrected chi connectivity index (χ4v) is 1.62. The summed E-state index contributed by atoms with van der Waals surface area (Å²) in [5.74, 6) is 0. The van der Waals surface area contributed by atoms with Crippen LogP contribution in [-0.4, -0.2) is 15.3 Å². The highest BCUT2D eigenvalue weighted by atomic mass is 15.3. The molecule has 0 aliphatic carbocycles. The van der Waals surface area contributed by atoms with Crippen molar-refractivity contribution < 1.29 is 0 Å². The van der Waals surface area contributed by atoms with Gasteiger partial charge in [0.25, 0.3) is 0 Å². The maximum absolute atomic E-state index is 6.26. The number of nitrogens with zero attached hydrogens (tertiary/aromatic N) is 2. The van der Waals surface area contributed by atoms with Crippen LogP contribution in [0.25, 0.3) is 0 Å². The van der Waals surface area contributed by atoms with Gasteiger partial charge in [-0.1, -0.05) is 13.8 Å². The largest absolute Gasteiger partial charge is 0.325 e. The summed E-state index contributed by atoms with van der Waals surface area (Å²) >= 11 is 0. The Morgan fingerprint density at radius 1 is 1.40 bits per heavy atom. The Bertz CT molecular complexity index is 298. The molecule has 1 aromatic rings. The van der Waals surface area contributed by atoms with Crippen molar-refractivity contribution in [1.29, 1.82) is 0 Å². The van der Waals surface area contributed by atoms with Crippen molar-refractivity contribution >= 4 is 0 Å². The lowest BCUT2D eigenvalue weighted by molar-refractivity contribution is 0.386. The highest BCUT2D eigenvalue weighted by molar-refractivity contribution is 5.05. The van der Waals surface area contributed by atoms with Crippen LogP contribution < -0.4 is 5.73 Å². The zero-order valence-corrected chi connectivity index (χ0v) is 10.3. The fraction of sp³-hybridized carbons (Fsp3) is 0.750. The first-order valence-electron chi connectivity index (χ1n) is 5.83. The second-order valence-corrected chi connectivity index (χ2v) is 4.63. The van der Waals surface area contributed by atoms with E-state index in [1.807, 2.05) is 10.9 Å². The maximum Gasteiger partial charge on any atom is 0.0643 e. The van der Waals surface area contributed by atoms with Crippen LogP contribution >= 0.6 is 0 Å². The van der Waals surface area contributed by atoms with Gasteiger partial charge in [0, 0.05) is 24.2 Å². The Labute approximate surface area is 92.7 Å². The van der Waals surface area contributed by atoms with Crippen molar-refractivity contribution in [3.63, 3.8) is 0 Å². The molecule has 0 radical (unpaired) electrons. The monoisotopic (exact) mass is 209 g/mol. The molecule has 0 aromatic carbocycles. The van der Waals surface area contributed by atoms with Crippen molar-refractivity contribution in [2.24, 2.45) is 5.73 Å². The van der Waals surface area contributed by atoms with E-state index in [-0.39, 0.29) is 5.54 Å². The average molecular weight is 209 g/mol. The summed E-state index contributed by atoms with van der Waals surface area (Å²) in [7, 11) is 0. The van der Waals surface area contributed by atoms with Crippen molar-refractivity contribution in [2.45, 2.75) is 58.5 Å². The third kappa shape index (κ3) is 3.06. The topological polar surface area (TPSA) is 43.8 Å². The van der Waals surface area contributed by atoms with Crippen molar-refractivity contribution in [2.75, 3.05) is 0 Å². The number of aromatic nitrogens is 2. The third-order valence-corrected chi connectivity index (χ3v) is 3.13. The summed E-state index contributed by atoms with van der Waals surface area (Å²) in [6, 6.07) is 2.50. The lowest BCUT2D eigenvalue weighted by Gasteiger charge is -2.25. The molecule has 3 heteroatoms. The smallest absolute Gasteiger partial charge is 0.0643 e. The van der Waals surface area contributed by atoms with Gasteiger partial charge in [0.15, 0.2) is 0 Å². The number of nitrogens with two attached hydrogens (primary N) is 1. The molecule has 0 spiro atoms. The predicted octanol–water partition coefficient (Wildman–Crippen LogP) is 2.52. The van der Waals surface area contributed by atoms with E-state index >= 15 is 0 Å². The van der Waals surface area contributed by atoms with E-state index in [1.54, 1.807) is 0 Å². The van der Waals surface area contributed by atoms with Crippen LogP contribution in [-0.2, 0) is 6.42 Å². The van der Waals surface area contributed by atoms with Crippen LogP contribution in [0.5, 0.6) is 0 Å². The molecule has 2 N–H and O–H groups in total. The molecule has 0 amide bonds.